The molecular formula is C17H20BrN3O2. The SMILES string of the molecule is O=C(Cn1cccn1)NCC1(c2cccc(Br)c2)CCOCC1. The fraction of sp³-hybridized carbons (Fsp3) is 0.412. The first kappa shape index (κ1) is 16.2. The number of rotatable bonds is 5. The molecule has 5 nitrogen and oxygen atoms in total. The summed E-state index contributed by atoms with van der Waals surface area (Å²) in [6, 6.07) is 10.2. The molecule has 3 rings (SSSR count). The molecule has 2 aromatic rings. The van der Waals surface area contributed by atoms with E-state index in [9.17, 15) is 4.79 Å². The summed E-state index contributed by atoms with van der Waals surface area (Å²) in [5.74, 6) is -0.0189. The number of carbonyl (C=O) groups excluding carboxylic acids is 1. The van der Waals surface area contributed by atoms with E-state index in [1.165, 1.54) is 5.56 Å². The van der Waals surface area contributed by atoms with Gasteiger partial charge in [-0.15, -0.1) is 0 Å². The van der Waals surface area contributed by atoms with Gasteiger partial charge < -0.3 is 10.1 Å². The molecule has 0 unspecified atom stereocenters. The van der Waals surface area contributed by atoms with Crippen LogP contribution < -0.4 is 5.32 Å². The molecule has 122 valence electrons. The number of nitrogens with zero attached hydrogens (tertiary/aromatic N) is 2. The summed E-state index contributed by atoms with van der Waals surface area (Å²) in [6.45, 7) is 2.31. The number of ether oxygens (including phenoxy) is 1. The minimum atomic E-state index is -0.0677. The molecule has 0 bridgehead atoms. The van der Waals surface area contributed by atoms with Crippen LogP contribution in [0.3, 0.4) is 0 Å². The predicted molar refractivity (Wildman–Crippen MR) is 91.1 cm³/mol. The lowest BCUT2D eigenvalue weighted by Gasteiger charge is -2.38. The zero-order valence-electron chi connectivity index (χ0n) is 12.9. The van der Waals surface area contributed by atoms with Crippen molar-refractivity contribution in [2.24, 2.45) is 0 Å². The molecule has 2 heterocycles. The molecule has 1 N–H and O–H groups in total. The molecule has 1 aliphatic rings. The summed E-state index contributed by atoms with van der Waals surface area (Å²) in [6.07, 6.45) is 5.28. The molecule has 0 atom stereocenters. The van der Waals surface area contributed by atoms with Crippen LogP contribution in [-0.2, 0) is 21.5 Å². The monoisotopic (exact) mass is 377 g/mol. The number of hydrogen-bond acceptors (Lipinski definition) is 3. The Morgan fingerprint density at radius 1 is 1.35 bits per heavy atom. The zero-order chi connectivity index (χ0) is 16.1. The smallest absolute Gasteiger partial charge is 0.241 e. The van der Waals surface area contributed by atoms with E-state index in [0.717, 1.165) is 30.5 Å². The zero-order valence-corrected chi connectivity index (χ0v) is 14.5. The Hall–Kier alpha value is -1.66. The number of carbonyl (C=O) groups is 1. The summed E-state index contributed by atoms with van der Waals surface area (Å²) in [5, 5.41) is 7.15. The molecule has 0 spiro atoms. The molecule has 1 aliphatic heterocycles. The molecule has 1 saturated heterocycles. The van der Waals surface area contributed by atoms with E-state index in [1.54, 1.807) is 17.1 Å². The number of amides is 1. The van der Waals surface area contributed by atoms with Crippen LogP contribution in [0.1, 0.15) is 18.4 Å². The van der Waals surface area contributed by atoms with Crippen LogP contribution in [0.25, 0.3) is 0 Å². The minimum Gasteiger partial charge on any atom is -0.381 e. The van der Waals surface area contributed by atoms with E-state index < -0.39 is 0 Å². The van der Waals surface area contributed by atoms with Crippen molar-refractivity contribution in [2.75, 3.05) is 19.8 Å². The van der Waals surface area contributed by atoms with Gasteiger partial charge in [0.25, 0.3) is 0 Å². The fourth-order valence-electron chi connectivity index (χ4n) is 3.01. The third-order valence-electron chi connectivity index (χ3n) is 4.38. The van der Waals surface area contributed by atoms with Crippen molar-refractivity contribution in [1.29, 1.82) is 0 Å². The van der Waals surface area contributed by atoms with Crippen molar-refractivity contribution in [3.63, 3.8) is 0 Å². The van der Waals surface area contributed by atoms with Crippen LogP contribution in [0.2, 0.25) is 0 Å². The van der Waals surface area contributed by atoms with Gasteiger partial charge in [-0.2, -0.15) is 5.10 Å². The van der Waals surface area contributed by atoms with Crippen LogP contribution in [-0.4, -0.2) is 35.4 Å². The normalized spacial score (nSPS) is 16.9. The van der Waals surface area contributed by atoms with Crippen molar-refractivity contribution in [3.05, 3.63) is 52.8 Å². The largest absolute Gasteiger partial charge is 0.381 e. The first-order valence-corrected chi connectivity index (χ1v) is 8.55. The summed E-state index contributed by atoms with van der Waals surface area (Å²) in [5.41, 5.74) is 1.18. The van der Waals surface area contributed by atoms with E-state index in [1.807, 2.05) is 18.2 Å². The highest BCUT2D eigenvalue weighted by Crippen LogP contribution is 2.35. The number of benzene rings is 1. The fourth-order valence-corrected chi connectivity index (χ4v) is 3.41. The first-order valence-electron chi connectivity index (χ1n) is 7.76. The highest BCUT2D eigenvalue weighted by Gasteiger charge is 2.35. The van der Waals surface area contributed by atoms with Crippen LogP contribution in [0, 0.1) is 0 Å². The van der Waals surface area contributed by atoms with E-state index in [-0.39, 0.29) is 17.9 Å². The number of nitrogens with one attached hydrogen (secondary N) is 1. The average Bonchev–Trinajstić information content (AvgIpc) is 3.07. The molecule has 0 radical (unpaired) electrons. The maximum Gasteiger partial charge on any atom is 0.241 e. The maximum absolute atomic E-state index is 12.2. The lowest BCUT2D eigenvalue weighted by molar-refractivity contribution is -0.122. The first-order chi connectivity index (χ1) is 11.2. The van der Waals surface area contributed by atoms with Crippen molar-refractivity contribution in [1.82, 2.24) is 15.1 Å². The standard InChI is InChI=1S/C17H20BrN3O2/c18-15-4-1-3-14(11-15)17(5-9-23-10-6-17)13-19-16(22)12-21-8-2-7-20-21/h1-4,7-8,11H,5-6,9-10,12-13H2,(H,19,22). The van der Waals surface area contributed by atoms with Gasteiger partial charge in [0.1, 0.15) is 6.54 Å². The third kappa shape index (κ3) is 4.00. The highest BCUT2D eigenvalue weighted by molar-refractivity contribution is 9.10. The van der Waals surface area contributed by atoms with Gasteiger partial charge in [0.05, 0.1) is 0 Å². The van der Waals surface area contributed by atoms with Crippen molar-refractivity contribution in [3.8, 4) is 0 Å². The Labute approximate surface area is 144 Å². The Morgan fingerprint density at radius 2 is 2.17 bits per heavy atom. The van der Waals surface area contributed by atoms with Crippen LogP contribution in [0.4, 0.5) is 0 Å². The number of halogens is 1. The van der Waals surface area contributed by atoms with Crippen LogP contribution in [0.15, 0.2) is 47.2 Å². The van der Waals surface area contributed by atoms with Crippen molar-refractivity contribution in [2.45, 2.75) is 24.8 Å². The van der Waals surface area contributed by atoms with Gasteiger partial charge in [0.2, 0.25) is 5.91 Å². The predicted octanol–water partition coefficient (Wildman–Crippen LogP) is 2.51. The van der Waals surface area contributed by atoms with Crippen molar-refractivity contribution < 1.29 is 9.53 Å². The highest BCUT2D eigenvalue weighted by atomic mass is 79.9. The molecule has 23 heavy (non-hydrogen) atoms. The molecule has 0 aliphatic carbocycles. The van der Waals surface area contributed by atoms with Crippen LogP contribution >= 0.6 is 15.9 Å². The quantitative estimate of drug-likeness (QED) is 0.870. The second-order valence-corrected chi connectivity index (χ2v) is 6.80. The Balaban J connectivity index is 1.70. The second kappa shape index (κ2) is 7.27. The van der Waals surface area contributed by atoms with E-state index >= 15 is 0 Å². The Morgan fingerprint density at radius 3 is 2.87 bits per heavy atom. The number of aromatic nitrogens is 2. The van der Waals surface area contributed by atoms with Gasteiger partial charge in [-0.1, -0.05) is 28.1 Å². The van der Waals surface area contributed by atoms with Gasteiger partial charge in [0, 0.05) is 42.0 Å². The van der Waals surface area contributed by atoms with Gasteiger partial charge in [-0.05, 0) is 36.6 Å². The summed E-state index contributed by atoms with van der Waals surface area (Å²) < 4.78 is 8.22. The van der Waals surface area contributed by atoms with E-state index in [2.05, 4.69) is 38.5 Å². The third-order valence-corrected chi connectivity index (χ3v) is 4.87. The van der Waals surface area contributed by atoms with E-state index in [4.69, 9.17) is 4.74 Å². The number of hydrogen-bond donors (Lipinski definition) is 1. The van der Waals surface area contributed by atoms with Crippen LogP contribution in [0.5, 0.6) is 0 Å². The lowest BCUT2D eigenvalue weighted by atomic mass is 9.74. The Kier molecular flexibility index (Phi) is 5.13. The molecule has 1 amide bonds. The lowest BCUT2D eigenvalue weighted by Crippen LogP contribution is -2.45. The molecule has 1 fully saturated rings. The Bertz CT molecular complexity index is 652. The van der Waals surface area contributed by atoms with Gasteiger partial charge in [-0.3, -0.25) is 9.48 Å². The molecule has 0 saturated carbocycles. The molecule has 1 aromatic carbocycles. The van der Waals surface area contributed by atoms with E-state index in [0.29, 0.717) is 6.54 Å². The molecular weight excluding hydrogens is 358 g/mol. The van der Waals surface area contributed by atoms with Gasteiger partial charge in [0.15, 0.2) is 0 Å². The topological polar surface area (TPSA) is 56.2 Å². The summed E-state index contributed by atoms with van der Waals surface area (Å²) in [7, 11) is 0. The van der Waals surface area contributed by atoms with Gasteiger partial charge in [-0.25, -0.2) is 0 Å². The minimum absolute atomic E-state index is 0.0189. The molecule has 1 aromatic heterocycles. The molecule has 6 heteroatoms. The maximum atomic E-state index is 12.2. The summed E-state index contributed by atoms with van der Waals surface area (Å²) >= 11 is 3.54. The second-order valence-electron chi connectivity index (χ2n) is 5.88. The van der Waals surface area contributed by atoms with Gasteiger partial charge >= 0.3 is 0 Å². The summed E-state index contributed by atoms with van der Waals surface area (Å²) in [4.78, 5) is 12.2. The average molecular weight is 378 g/mol. The van der Waals surface area contributed by atoms with Crippen molar-refractivity contribution >= 4 is 21.8 Å².